The monoisotopic (exact) mass is 275 g/mol. The lowest BCUT2D eigenvalue weighted by Gasteiger charge is -2.07. The molecule has 2 aromatic carbocycles. The lowest BCUT2D eigenvalue weighted by molar-refractivity contribution is 0.112. The molecule has 0 saturated heterocycles. The first-order chi connectivity index (χ1) is 10.4. The summed E-state index contributed by atoms with van der Waals surface area (Å²) in [6, 6.07) is 21.2. The molecule has 0 bridgehead atoms. The van der Waals surface area contributed by atoms with Crippen molar-refractivity contribution >= 4 is 6.29 Å². The highest BCUT2D eigenvalue weighted by atomic mass is 16.5. The molecule has 0 N–H and O–H groups in total. The molecule has 0 aliphatic carbocycles. The molecule has 0 aliphatic rings. The Bertz CT molecular complexity index is 737. The van der Waals surface area contributed by atoms with Crippen molar-refractivity contribution in [2.75, 3.05) is 0 Å². The third-order valence-electron chi connectivity index (χ3n) is 3.10. The van der Waals surface area contributed by atoms with E-state index in [9.17, 15) is 4.79 Å². The second kappa shape index (κ2) is 6.01. The topological polar surface area (TPSA) is 39.2 Å². The number of hydrogen-bond donors (Lipinski definition) is 0. The van der Waals surface area contributed by atoms with Crippen LogP contribution >= 0.6 is 0 Å². The minimum absolute atomic E-state index is 0.319. The van der Waals surface area contributed by atoms with Gasteiger partial charge in [-0.2, -0.15) is 0 Å². The molecule has 3 rings (SSSR count). The largest absolute Gasteiger partial charge is 0.438 e. The van der Waals surface area contributed by atoms with Gasteiger partial charge in [-0.1, -0.05) is 42.5 Å². The van der Waals surface area contributed by atoms with Crippen molar-refractivity contribution in [3.8, 4) is 22.8 Å². The summed E-state index contributed by atoms with van der Waals surface area (Å²) in [5.74, 6) is 0.969. The number of benzene rings is 2. The molecule has 0 aliphatic heterocycles. The summed E-state index contributed by atoms with van der Waals surface area (Å²) >= 11 is 0. The molecular weight excluding hydrogens is 262 g/mol. The van der Waals surface area contributed by atoms with E-state index in [4.69, 9.17) is 4.74 Å². The van der Waals surface area contributed by atoms with Crippen molar-refractivity contribution in [2.24, 2.45) is 0 Å². The smallest absolute Gasteiger partial charge is 0.229 e. The molecule has 3 nitrogen and oxygen atoms in total. The summed E-state index contributed by atoms with van der Waals surface area (Å²) < 4.78 is 5.65. The zero-order valence-corrected chi connectivity index (χ0v) is 11.3. The number of carbonyl (C=O) groups excluding carboxylic acids is 1. The number of nitrogens with zero attached hydrogens (tertiary/aromatic N) is 1. The molecule has 0 fully saturated rings. The fraction of sp³-hybridized carbons (Fsp3) is 0. The quantitative estimate of drug-likeness (QED) is 0.664. The fourth-order valence-electron chi connectivity index (χ4n) is 2.04. The number of aromatic nitrogens is 1. The Hall–Kier alpha value is -2.94. The van der Waals surface area contributed by atoms with Crippen LogP contribution in [0.1, 0.15) is 10.4 Å². The zero-order chi connectivity index (χ0) is 14.5. The Labute approximate surface area is 122 Å². The van der Waals surface area contributed by atoms with Crippen molar-refractivity contribution in [3.63, 3.8) is 0 Å². The van der Waals surface area contributed by atoms with E-state index in [2.05, 4.69) is 17.1 Å². The molecule has 0 amide bonds. The number of pyridine rings is 1. The Morgan fingerprint density at radius 2 is 1.52 bits per heavy atom. The molecule has 1 heterocycles. The van der Waals surface area contributed by atoms with Crippen molar-refractivity contribution in [2.45, 2.75) is 0 Å². The predicted molar refractivity (Wildman–Crippen MR) is 81.6 cm³/mol. The number of aldehydes is 1. The van der Waals surface area contributed by atoms with E-state index < -0.39 is 0 Å². The van der Waals surface area contributed by atoms with Gasteiger partial charge in [0, 0.05) is 6.20 Å². The van der Waals surface area contributed by atoms with E-state index in [1.54, 1.807) is 18.3 Å². The van der Waals surface area contributed by atoms with E-state index in [1.165, 1.54) is 0 Å². The average molecular weight is 275 g/mol. The van der Waals surface area contributed by atoms with Gasteiger partial charge in [0.1, 0.15) is 5.75 Å². The van der Waals surface area contributed by atoms with Crippen molar-refractivity contribution in [3.05, 3.63) is 78.5 Å². The van der Waals surface area contributed by atoms with Gasteiger partial charge in [0.2, 0.25) is 5.88 Å². The second-order valence-corrected chi connectivity index (χ2v) is 4.51. The Balaban J connectivity index is 1.83. The van der Waals surface area contributed by atoms with Crippen LogP contribution in [0.25, 0.3) is 11.1 Å². The van der Waals surface area contributed by atoms with Crippen LogP contribution < -0.4 is 4.74 Å². The highest BCUT2D eigenvalue weighted by Gasteiger charge is 2.05. The third kappa shape index (κ3) is 2.98. The van der Waals surface area contributed by atoms with Crippen LogP contribution in [-0.2, 0) is 0 Å². The minimum Gasteiger partial charge on any atom is -0.438 e. The van der Waals surface area contributed by atoms with E-state index in [-0.39, 0.29) is 0 Å². The molecule has 0 spiro atoms. The highest BCUT2D eigenvalue weighted by molar-refractivity contribution is 5.78. The second-order valence-electron chi connectivity index (χ2n) is 4.51. The van der Waals surface area contributed by atoms with Crippen LogP contribution in [0.3, 0.4) is 0 Å². The van der Waals surface area contributed by atoms with Crippen LogP contribution in [-0.4, -0.2) is 11.3 Å². The van der Waals surface area contributed by atoms with Gasteiger partial charge >= 0.3 is 0 Å². The van der Waals surface area contributed by atoms with Crippen molar-refractivity contribution in [1.82, 2.24) is 4.98 Å². The number of hydrogen-bond acceptors (Lipinski definition) is 3. The van der Waals surface area contributed by atoms with E-state index in [1.807, 2.05) is 42.5 Å². The minimum atomic E-state index is 0.319. The summed E-state index contributed by atoms with van der Waals surface area (Å²) in [5.41, 5.74) is 2.69. The molecule has 0 atom stereocenters. The SMILES string of the molecule is O=Cc1cccnc1Oc1ccc(-c2ccccc2)cc1. The Kier molecular flexibility index (Phi) is 3.74. The van der Waals surface area contributed by atoms with Crippen LogP contribution in [0.4, 0.5) is 0 Å². The molecule has 102 valence electrons. The Morgan fingerprint density at radius 3 is 2.24 bits per heavy atom. The van der Waals surface area contributed by atoms with Crippen LogP contribution in [0.2, 0.25) is 0 Å². The van der Waals surface area contributed by atoms with Gasteiger partial charge in [0.05, 0.1) is 5.56 Å². The van der Waals surface area contributed by atoms with E-state index in [0.717, 1.165) is 17.4 Å². The standard InChI is InChI=1S/C18H13NO2/c20-13-16-7-4-12-19-18(16)21-17-10-8-15(9-11-17)14-5-2-1-3-6-14/h1-13H. The third-order valence-corrected chi connectivity index (χ3v) is 3.10. The maximum atomic E-state index is 10.9. The first-order valence-electron chi connectivity index (χ1n) is 6.60. The Morgan fingerprint density at radius 1 is 0.810 bits per heavy atom. The molecule has 21 heavy (non-hydrogen) atoms. The van der Waals surface area contributed by atoms with Gasteiger partial charge in [-0.25, -0.2) is 4.98 Å². The average Bonchev–Trinajstić information content (AvgIpc) is 2.57. The van der Waals surface area contributed by atoms with Gasteiger partial charge in [0.15, 0.2) is 6.29 Å². The first kappa shape index (κ1) is 13.1. The maximum absolute atomic E-state index is 10.9. The summed E-state index contributed by atoms with van der Waals surface area (Å²) in [6.45, 7) is 0. The molecule has 1 aromatic heterocycles. The summed E-state index contributed by atoms with van der Waals surface area (Å²) in [5, 5.41) is 0. The lowest BCUT2D eigenvalue weighted by Crippen LogP contribution is -1.93. The molecule has 0 unspecified atom stereocenters. The number of rotatable bonds is 4. The normalized spacial score (nSPS) is 10.1. The maximum Gasteiger partial charge on any atom is 0.229 e. The zero-order valence-electron chi connectivity index (χ0n) is 11.3. The molecular formula is C18H13NO2. The summed E-state index contributed by atoms with van der Waals surface area (Å²) in [7, 11) is 0. The van der Waals surface area contributed by atoms with Crippen LogP contribution in [0.5, 0.6) is 11.6 Å². The van der Waals surface area contributed by atoms with Gasteiger partial charge in [-0.05, 0) is 35.4 Å². The fourth-order valence-corrected chi connectivity index (χ4v) is 2.04. The number of ether oxygens (including phenoxy) is 1. The summed E-state index contributed by atoms with van der Waals surface area (Å²) in [6.07, 6.45) is 2.33. The molecule has 3 aromatic rings. The van der Waals surface area contributed by atoms with Gasteiger partial charge in [-0.15, -0.1) is 0 Å². The number of carbonyl (C=O) groups is 1. The van der Waals surface area contributed by atoms with Crippen molar-refractivity contribution in [1.29, 1.82) is 0 Å². The molecule has 0 saturated carbocycles. The molecule has 0 radical (unpaired) electrons. The van der Waals surface area contributed by atoms with Gasteiger partial charge < -0.3 is 4.74 Å². The lowest BCUT2D eigenvalue weighted by atomic mass is 10.1. The molecule has 3 heteroatoms. The van der Waals surface area contributed by atoms with Crippen molar-refractivity contribution < 1.29 is 9.53 Å². The van der Waals surface area contributed by atoms with Gasteiger partial charge in [0.25, 0.3) is 0 Å². The predicted octanol–water partition coefficient (Wildman–Crippen LogP) is 4.35. The van der Waals surface area contributed by atoms with Crippen LogP contribution in [0, 0.1) is 0 Å². The van der Waals surface area contributed by atoms with E-state index in [0.29, 0.717) is 17.2 Å². The van der Waals surface area contributed by atoms with Gasteiger partial charge in [-0.3, -0.25) is 4.79 Å². The summed E-state index contributed by atoms with van der Waals surface area (Å²) in [4.78, 5) is 15.0. The highest BCUT2D eigenvalue weighted by Crippen LogP contribution is 2.25. The first-order valence-corrected chi connectivity index (χ1v) is 6.60. The van der Waals surface area contributed by atoms with Crippen LogP contribution in [0.15, 0.2) is 72.9 Å². The van der Waals surface area contributed by atoms with E-state index >= 15 is 0 Å².